The summed E-state index contributed by atoms with van der Waals surface area (Å²) in [6.07, 6.45) is -1.32. The van der Waals surface area contributed by atoms with E-state index in [1.165, 1.54) is 18.4 Å². The first-order chi connectivity index (χ1) is 9.24. The molecule has 0 amide bonds. The number of sulfone groups is 1. The maximum Gasteiger partial charge on any atom is 0.263 e. The van der Waals surface area contributed by atoms with Crippen molar-refractivity contribution < 1.29 is 17.2 Å². The minimum absolute atomic E-state index is 0.0368. The molecule has 0 aliphatic rings. The predicted molar refractivity (Wildman–Crippen MR) is 75.5 cm³/mol. The highest BCUT2D eigenvalue weighted by atomic mass is 32.2. The zero-order valence-corrected chi connectivity index (χ0v) is 12.4. The summed E-state index contributed by atoms with van der Waals surface area (Å²) in [6, 6.07) is 5.76. The third kappa shape index (κ3) is 5.15. The first kappa shape index (κ1) is 17.0. The number of alkyl halides is 2. The lowest BCUT2D eigenvalue weighted by Gasteiger charge is -2.27. The minimum Gasteiger partial charge on any atom is -0.329 e. The van der Waals surface area contributed by atoms with Gasteiger partial charge in [-0.2, -0.15) is 0 Å². The quantitative estimate of drug-likeness (QED) is 0.831. The van der Waals surface area contributed by atoms with Gasteiger partial charge in [-0.1, -0.05) is 24.3 Å². The van der Waals surface area contributed by atoms with Crippen LogP contribution in [0.15, 0.2) is 24.3 Å². The van der Waals surface area contributed by atoms with Gasteiger partial charge in [-0.15, -0.1) is 0 Å². The van der Waals surface area contributed by atoms with Crippen molar-refractivity contribution >= 4 is 9.84 Å². The molecule has 1 atom stereocenters. The number of hydrogen-bond acceptors (Lipinski definition) is 4. The summed E-state index contributed by atoms with van der Waals surface area (Å²) in [5.41, 5.74) is 6.46. The lowest BCUT2D eigenvalue weighted by molar-refractivity contribution is 0.151. The third-order valence-electron chi connectivity index (χ3n) is 3.14. The molecule has 1 aromatic rings. The Morgan fingerprint density at radius 1 is 1.20 bits per heavy atom. The standard InChI is InChI=1S/C13H20F2N2O2S/c1-17(7-8-20(2,18)19)12(9-16)10-3-5-11(6-4-10)13(14)15/h3-6,12-13H,7-9,16H2,1-2H3. The second-order valence-electron chi connectivity index (χ2n) is 4.83. The molecule has 114 valence electrons. The van der Waals surface area contributed by atoms with Crippen molar-refractivity contribution in [2.75, 3.05) is 32.1 Å². The van der Waals surface area contributed by atoms with Gasteiger partial charge in [0, 0.05) is 31.0 Å². The fraction of sp³-hybridized carbons (Fsp3) is 0.538. The van der Waals surface area contributed by atoms with Crippen LogP contribution >= 0.6 is 0 Å². The summed E-state index contributed by atoms with van der Waals surface area (Å²) in [4.78, 5) is 1.82. The minimum atomic E-state index is -3.04. The molecule has 1 aromatic carbocycles. The van der Waals surface area contributed by atoms with E-state index < -0.39 is 16.3 Å². The molecule has 0 radical (unpaired) electrons. The first-order valence-electron chi connectivity index (χ1n) is 6.20. The number of likely N-dealkylation sites (N-methyl/N-ethyl adjacent to an activating group) is 1. The third-order valence-corrected chi connectivity index (χ3v) is 4.07. The normalized spacial score (nSPS) is 13.9. The van der Waals surface area contributed by atoms with E-state index in [0.717, 1.165) is 5.56 Å². The Labute approximate surface area is 118 Å². The zero-order valence-electron chi connectivity index (χ0n) is 11.6. The fourth-order valence-electron chi connectivity index (χ4n) is 1.90. The molecule has 1 unspecified atom stereocenters. The highest BCUT2D eigenvalue weighted by Crippen LogP contribution is 2.23. The SMILES string of the molecule is CN(CCS(C)(=O)=O)C(CN)c1ccc(C(F)F)cc1. The van der Waals surface area contributed by atoms with Crippen molar-refractivity contribution in [1.29, 1.82) is 0 Å². The van der Waals surface area contributed by atoms with E-state index in [9.17, 15) is 17.2 Å². The van der Waals surface area contributed by atoms with E-state index in [0.29, 0.717) is 6.54 Å². The lowest BCUT2D eigenvalue weighted by atomic mass is 10.0. The summed E-state index contributed by atoms with van der Waals surface area (Å²) in [5.74, 6) is 0.0368. The van der Waals surface area contributed by atoms with Gasteiger partial charge in [-0.05, 0) is 12.6 Å². The number of hydrogen-bond donors (Lipinski definition) is 1. The van der Waals surface area contributed by atoms with Gasteiger partial charge in [-0.3, -0.25) is 4.90 Å². The molecule has 0 bridgehead atoms. The number of rotatable bonds is 7. The first-order valence-corrected chi connectivity index (χ1v) is 8.26. The molecule has 20 heavy (non-hydrogen) atoms. The van der Waals surface area contributed by atoms with E-state index in [4.69, 9.17) is 5.73 Å². The zero-order chi connectivity index (χ0) is 15.3. The fourth-order valence-corrected chi connectivity index (χ4v) is 2.52. The summed E-state index contributed by atoms with van der Waals surface area (Å²) in [5, 5.41) is 0. The summed E-state index contributed by atoms with van der Waals surface area (Å²) in [6.45, 7) is 0.631. The molecule has 4 nitrogen and oxygen atoms in total. The van der Waals surface area contributed by atoms with Gasteiger partial charge in [0.25, 0.3) is 6.43 Å². The number of benzene rings is 1. The van der Waals surface area contributed by atoms with Crippen LogP contribution in [-0.4, -0.2) is 45.5 Å². The highest BCUT2D eigenvalue weighted by molar-refractivity contribution is 7.90. The van der Waals surface area contributed by atoms with Crippen LogP contribution in [0, 0.1) is 0 Å². The molecule has 0 saturated carbocycles. The molecule has 2 N–H and O–H groups in total. The van der Waals surface area contributed by atoms with Crippen LogP contribution in [0.25, 0.3) is 0 Å². The van der Waals surface area contributed by atoms with Gasteiger partial charge in [0.15, 0.2) is 0 Å². The predicted octanol–water partition coefficient (Wildman–Crippen LogP) is 1.60. The Bertz CT molecular complexity index is 518. The van der Waals surface area contributed by atoms with Gasteiger partial charge in [0.05, 0.1) is 5.75 Å². The molecule has 0 spiro atoms. The van der Waals surface area contributed by atoms with Crippen LogP contribution in [0.4, 0.5) is 8.78 Å². The van der Waals surface area contributed by atoms with E-state index >= 15 is 0 Å². The number of halogens is 2. The average Bonchev–Trinajstić information content (AvgIpc) is 2.37. The number of nitrogens with zero attached hydrogens (tertiary/aromatic N) is 1. The van der Waals surface area contributed by atoms with Crippen LogP contribution < -0.4 is 5.73 Å². The van der Waals surface area contributed by atoms with Crippen LogP contribution in [-0.2, 0) is 9.84 Å². The van der Waals surface area contributed by atoms with Crippen molar-refractivity contribution in [1.82, 2.24) is 4.90 Å². The molecule has 0 aliphatic heterocycles. The summed E-state index contributed by atoms with van der Waals surface area (Å²) in [7, 11) is -1.28. The summed E-state index contributed by atoms with van der Waals surface area (Å²) < 4.78 is 47.3. The second kappa shape index (κ2) is 7.10. The van der Waals surface area contributed by atoms with Crippen LogP contribution in [0.5, 0.6) is 0 Å². The maximum atomic E-state index is 12.5. The largest absolute Gasteiger partial charge is 0.329 e. The highest BCUT2D eigenvalue weighted by Gasteiger charge is 2.17. The van der Waals surface area contributed by atoms with Gasteiger partial charge in [-0.25, -0.2) is 17.2 Å². The van der Waals surface area contributed by atoms with Crippen molar-refractivity contribution in [3.05, 3.63) is 35.4 Å². The molecule has 0 saturated heterocycles. The van der Waals surface area contributed by atoms with Crippen LogP contribution in [0.2, 0.25) is 0 Å². The van der Waals surface area contributed by atoms with Crippen molar-refractivity contribution in [3.63, 3.8) is 0 Å². The van der Waals surface area contributed by atoms with Crippen LogP contribution in [0.3, 0.4) is 0 Å². The molecule has 0 aliphatic carbocycles. The molecule has 7 heteroatoms. The van der Waals surface area contributed by atoms with Crippen molar-refractivity contribution in [2.45, 2.75) is 12.5 Å². The Hall–Kier alpha value is -1.05. The van der Waals surface area contributed by atoms with Gasteiger partial charge >= 0.3 is 0 Å². The smallest absolute Gasteiger partial charge is 0.263 e. The molecular formula is C13H20F2N2O2S. The second-order valence-corrected chi connectivity index (χ2v) is 7.09. The Balaban J connectivity index is 2.79. The van der Waals surface area contributed by atoms with Gasteiger partial charge in [0.1, 0.15) is 9.84 Å². The van der Waals surface area contributed by atoms with Gasteiger partial charge < -0.3 is 5.73 Å². The van der Waals surface area contributed by atoms with Crippen molar-refractivity contribution in [2.24, 2.45) is 5.73 Å². The van der Waals surface area contributed by atoms with E-state index in [1.807, 2.05) is 4.90 Å². The van der Waals surface area contributed by atoms with E-state index in [1.54, 1.807) is 19.2 Å². The van der Waals surface area contributed by atoms with Crippen LogP contribution in [0.1, 0.15) is 23.6 Å². The average molecular weight is 306 g/mol. The lowest BCUT2D eigenvalue weighted by Crippen LogP contribution is -2.34. The monoisotopic (exact) mass is 306 g/mol. The summed E-state index contributed by atoms with van der Waals surface area (Å²) >= 11 is 0. The maximum absolute atomic E-state index is 12.5. The van der Waals surface area contributed by atoms with Gasteiger partial charge in [0.2, 0.25) is 0 Å². The van der Waals surface area contributed by atoms with Crippen molar-refractivity contribution in [3.8, 4) is 0 Å². The molecule has 0 fully saturated rings. The van der Waals surface area contributed by atoms with E-state index in [2.05, 4.69) is 0 Å². The molecule has 0 heterocycles. The topological polar surface area (TPSA) is 63.4 Å². The number of nitrogens with two attached hydrogens (primary N) is 1. The molecular weight excluding hydrogens is 286 g/mol. The molecule has 0 aromatic heterocycles. The molecule has 1 rings (SSSR count). The van der Waals surface area contributed by atoms with E-state index in [-0.39, 0.29) is 23.9 Å². The Morgan fingerprint density at radius 3 is 2.10 bits per heavy atom. The Kier molecular flexibility index (Phi) is 6.04. The Morgan fingerprint density at radius 2 is 1.70 bits per heavy atom.